The number of ether oxygens (including phenoxy) is 1. The standard InChI is InChI=1S/C19H24N2O2/c1-19(2,3)23-18(22)21-13-7-6-8-14-11-12-17(20)16-10-5-4-9-15(14)16/h4-6,8-12H,7,13,20H2,1-3H3,(H,21,22). The number of hydrogen-bond donors (Lipinski definition) is 2. The molecule has 2 aromatic carbocycles. The summed E-state index contributed by atoms with van der Waals surface area (Å²) in [5, 5.41) is 4.92. The first kappa shape index (κ1) is 16.9. The van der Waals surface area contributed by atoms with Crippen molar-refractivity contribution in [2.45, 2.75) is 32.8 Å². The van der Waals surface area contributed by atoms with Crippen LogP contribution >= 0.6 is 0 Å². The van der Waals surface area contributed by atoms with Crippen molar-refractivity contribution < 1.29 is 9.53 Å². The molecule has 0 saturated carbocycles. The Labute approximate surface area is 137 Å². The van der Waals surface area contributed by atoms with E-state index in [9.17, 15) is 4.79 Å². The molecule has 0 aliphatic heterocycles. The van der Waals surface area contributed by atoms with Crippen molar-refractivity contribution >= 4 is 28.6 Å². The maximum absolute atomic E-state index is 11.5. The first-order chi connectivity index (χ1) is 10.9. The van der Waals surface area contributed by atoms with Gasteiger partial charge in [-0.05, 0) is 44.2 Å². The SMILES string of the molecule is CC(C)(C)OC(=O)NCCC=Cc1ccc(N)c2ccccc12. The van der Waals surface area contributed by atoms with Crippen LogP contribution in [0.1, 0.15) is 32.8 Å². The van der Waals surface area contributed by atoms with Gasteiger partial charge in [0.25, 0.3) is 0 Å². The zero-order valence-electron chi connectivity index (χ0n) is 13.9. The molecule has 0 aliphatic carbocycles. The molecule has 0 bridgehead atoms. The van der Waals surface area contributed by atoms with Crippen molar-refractivity contribution in [3.63, 3.8) is 0 Å². The highest BCUT2D eigenvalue weighted by Crippen LogP contribution is 2.25. The number of hydrogen-bond acceptors (Lipinski definition) is 3. The van der Waals surface area contributed by atoms with Crippen LogP contribution in [0.15, 0.2) is 42.5 Å². The zero-order valence-corrected chi connectivity index (χ0v) is 13.9. The molecule has 2 aromatic rings. The van der Waals surface area contributed by atoms with Crippen LogP contribution in [-0.4, -0.2) is 18.2 Å². The van der Waals surface area contributed by atoms with Crippen molar-refractivity contribution in [1.82, 2.24) is 5.32 Å². The summed E-state index contributed by atoms with van der Waals surface area (Å²) in [5.41, 5.74) is 7.43. The first-order valence-electron chi connectivity index (χ1n) is 7.77. The highest BCUT2D eigenvalue weighted by molar-refractivity contribution is 5.98. The van der Waals surface area contributed by atoms with E-state index in [0.717, 1.165) is 28.4 Å². The average molecular weight is 312 g/mol. The molecule has 0 aliphatic rings. The fourth-order valence-corrected chi connectivity index (χ4v) is 2.27. The number of alkyl carbamates (subject to hydrolysis) is 1. The molecule has 0 saturated heterocycles. The van der Waals surface area contributed by atoms with Crippen molar-refractivity contribution in [3.05, 3.63) is 48.0 Å². The lowest BCUT2D eigenvalue weighted by Gasteiger charge is -2.19. The largest absolute Gasteiger partial charge is 0.444 e. The van der Waals surface area contributed by atoms with Gasteiger partial charge >= 0.3 is 6.09 Å². The Kier molecular flexibility index (Phi) is 5.27. The number of amides is 1. The van der Waals surface area contributed by atoms with E-state index in [4.69, 9.17) is 10.5 Å². The quantitative estimate of drug-likeness (QED) is 0.651. The van der Waals surface area contributed by atoms with Gasteiger partial charge in [0.05, 0.1) is 0 Å². The van der Waals surface area contributed by atoms with Crippen LogP contribution < -0.4 is 11.1 Å². The van der Waals surface area contributed by atoms with Crippen LogP contribution in [0.3, 0.4) is 0 Å². The molecule has 0 radical (unpaired) electrons. The topological polar surface area (TPSA) is 64.3 Å². The van der Waals surface area contributed by atoms with Crippen LogP contribution in [0, 0.1) is 0 Å². The molecular weight excluding hydrogens is 288 g/mol. The third-order valence-corrected chi connectivity index (χ3v) is 3.27. The van der Waals surface area contributed by atoms with Gasteiger partial charge in [0.15, 0.2) is 0 Å². The van der Waals surface area contributed by atoms with Crippen LogP contribution in [0.4, 0.5) is 10.5 Å². The monoisotopic (exact) mass is 312 g/mol. The molecule has 0 atom stereocenters. The summed E-state index contributed by atoms with van der Waals surface area (Å²) in [6.07, 6.45) is 4.44. The Morgan fingerprint density at radius 1 is 1.17 bits per heavy atom. The number of nitrogens with one attached hydrogen (secondary N) is 1. The molecular formula is C19H24N2O2. The lowest BCUT2D eigenvalue weighted by atomic mass is 10.0. The number of nitrogens with two attached hydrogens (primary N) is 1. The second-order valence-corrected chi connectivity index (χ2v) is 6.41. The van der Waals surface area contributed by atoms with E-state index < -0.39 is 5.60 Å². The number of anilines is 1. The molecule has 23 heavy (non-hydrogen) atoms. The number of carbonyl (C=O) groups excluding carboxylic acids is 1. The molecule has 3 N–H and O–H groups in total. The predicted octanol–water partition coefficient (Wildman–Crippen LogP) is 4.35. The van der Waals surface area contributed by atoms with Crippen LogP contribution in [0.25, 0.3) is 16.8 Å². The van der Waals surface area contributed by atoms with E-state index in [1.807, 2.05) is 57.2 Å². The molecule has 4 nitrogen and oxygen atoms in total. The predicted molar refractivity (Wildman–Crippen MR) is 96.2 cm³/mol. The van der Waals surface area contributed by atoms with Crippen molar-refractivity contribution in [1.29, 1.82) is 0 Å². The molecule has 4 heteroatoms. The van der Waals surface area contributed by atoms with Crippen molar-refractivity contribution in [2.75, 3.05) is 12.3 Å². The Morgan fingerprint density at radius 2 is 1.87 bits per heavy atom. The molecule has 2 rings (SSSR count). The van der Waals surface area contributed by atoms with Gasteiger partial charge in [-0.1, -0.05) is 42.5 Å². The van der Waals surface area contributed by atoms with Gasteiger partial charge < -0.3 is 15.8 Å². The smallest absolute Gasteiger partial charge is 0.407 e. The zero-order chi connectivity index (χ0) is 16.9. The molecule has 0 fully saturated rings. The molecule has 0 spiro atoms. The van der Waals surface area contributed by atoms with E-state index in [1.165, 1.54) is 0 Å². The fourth-order valence-electron chi connectivity index (χ4n) is 2.27. The molecule has 0 unspecified atom stereocenters. The third-order valence-electron chi connectivity index (χ3n) is 3.27. The van der Waals surface area contributed by atoms with Gasteiger partial charge in [0.2, 0.25) is 0 Å². The minimum atomic E-state index is -0.469. The maximum atomic E-state index is 11.5. The Hall–Kier alpha value is -2.49. The number of nitrogen functional groups attached to an aromatic ring is 1. The first-order valence-corrected chi connectivity index (χ1v) is 7.77. The van der Waals surface area contributed by atoms with Gasteiger partial charge in [0, 0.05) is 17.6 Å². The van der Waals surface area contributed by atoms with Crippen LogP contribution in [0.2, 0.25) is 0 Å². The van der Waals surface area contributed by atoms with Crippen molar-refractivity contribution in [3.8, 4) is 0 Å². The van der Waals surface area contributed by atoms with E-state index >= 15 is 0 Å². The number of fused-ring (bicyclic) bond motifs is 1. The van der Waals surface area contributed by atoms with E-state index in [2.05, 4.69) is 17.5 Å². The van der Waals surface area contributed by atoms with Crippen LogP contribution in [0.5, 0.6) is 0 Å². The van der Waals surface area contributed by atoms with E-state index in [0.29, 0.717) is 6.54 Å². The van der Waals surface area contributed by atoms with Gasteiger partial charge in [0.1, 0.15) is 5.60 Å². The van der Waals surface area contributed by atoms with E-state index in [-0.39, 0.29) is 6.09 Å². The Bertz CT molecular complexity index is 715. The average Bonchev–Trinajstić information content (AvgIpc) is 2.47. The number of rotatable bonds is 4. The van der Waals surface area contributed by atoms with Gasteiger partial charge in [-0.3, -0.25) is 0 Å². The Morgan fingerprint density at radius 3 is 2.57 bits per heavy atom. The highest BCUT2D eigenvalue weighted by Gasteiger charge is 2.15. The lowest BCUT2D eigenvalue weighted by molar-refractivity contribution is 0.0529. The summed E-state index contributed by atoms with van der Waals surface area (Å²) in [5.74, 6) is 0. The number of benzene rings is 2. The third kappa shape index (κ3) is 5.02. The van der Waals surface area contributed by atoms with Gasteiger partial charge in [-0.15, -0.1) is 0 Å². The summed E-state index contributed by atoms with van der Waals surface area (Å²) in [7, 11) is 0. The van der Waals surface area contributed by atoms with E-state index in [1.54, 1.807) is 0 Å². The second kappa shape index (κ2) is 7.18. The lowest BCUT2D eigenvalue weighted by Crippen LogP contribution is -2.32. The second-order valence-electron chi connectivity index (χ2n) is 6.41. The van der Waals surface area contributed by atoms with Crippen molar-refractivity contribution in [2.24, 2.45) is 0 Å². The summed E-state index contributed by atoms with van der Waals surface area (Å²) in [4.78, 5) is 11.5. The van der Waals surface area contributed by atoms with Crippen LogP contribution in [-0.2, 0) is 4.74 Å². The Balaban J connectivity index is 1.92. The summed E-state index contributed by atoms with van der Waals surface area (Å²) < 4.78 is 5.19. The summed E-state index contributed by atoms with van der Waals surface area (Å²) in [6.45, 7) is 6.08. The van der Waals surface area contributed by atoms with Gasteiger partial charge in [-0.25, -0.2) is 4.79 Å². The molecule has 0 aromatic heterocycles. The minimum Gasteiger partial charge on any atom is -0.444 e. The number of carbonyl (C=O) groups is 1. The normalized spacial score (nSPS) is 11.8. The maximum Gasteiger partial charge on any atom is 0.407 e. The molecule has 0 heterocycles. The molecule has 1 amide bonds. The van der Waals surface area contributed by atoms with Gasteiger partial charge in [-0.2, -0.15) is 0 Å². The highest BCUT2D eigenvalue weighted by atomic mass is 16.6. The summed E-state index contributed by atoms with van der Waals surface area (Å²) in [6, 6.07) is 12.0. The summed E-state index contributed by atoms with van der Waals surface area (Å²) >= 11 is 0. The minimum absolute atomic E-state index is 0.385. The fraction of sp³-hybridized carbons (Fsp3) is 0.316. The molecule has 122 valence electrons.